The molecule has 134 valence electrons. The molecule has 1 aromatic carbocycles. The minimum Gasteiger partial charge on any atom is -0.377 e. The Bertz CT molecular complexity index is 811. The summed E-state index contributed by atoms with van der Waals surface area (Å²) < 4.78 is 33.2. The van der Waals surface area contributed by atoms with Crippen molar-refractivity contribution < 1.29 is 17.9 Å². The summed E-state index contributed by atoms with van der Waals surface area (Å²) >= 11 is 1.52. The molecule has 1 aliphatic rings. The van der Waals surface area contributed by atoms with Gasteiger partial charge in [-0.2, -0.15) is 4.31 Å². The van der Waals surface area contributed by atoms with Crippen LogP contribution in [0.2, 0.25) is 0 Å². The van der Waals surface area contributed by atoms with Gasteiger partial charge in [-0.05, 0) is 48.6 Å². The molecule has 6 nitrogen and oxygen atoms in total. The quantitative estimate of drug-likeness (QED) is 0.797. The van der Waals surface area contributed by atoms with E-state index in [0.29, 0.717) is 19.7 Å². The summed E-state index contributed by atoms with van der Waals surface area (Å²) in [4.78, 5) is 12.3. The fourth-order valence-corrected chi connectivity index (χ4v) is 5.03. The second-order valence-electron chi connectivity index (χ2n) is 5.90. The minimum atomic E-state index is -3.70. The van der Waals surface area contributed by atoms with Crippen molar-refractivity contribution in [2.45, 2.75) is 30.4 Å². The van der Waals surface area contributed by atoms with E-state index in [1.807, 2.05) is 17.5 Å². The van der Waals surface area contributed by atoms with Gasteiger partial charge in [-0.3, -0.25) is 4.79 Å². The monoisotopic (exact) mass is 380 g/mol. The van der Waals surface area contributed by atoms with Gasteiger partial charge in [0.1, 0.15) is 0 Å². The lowest BCUT2D eigenvalue weighted by Crippen LogP contribution is -2.36. The molecular weight excluding hydrogens is 360 g/mol. The number of sulfonamides is 1. The van der Waals surface area contributed by atoms with Crippen molar-refractivity contribution in [3.63, 3.8) is 0 Å². The van der Waals surface area contributed by atoms with Crippen molar-refractivity contribution in [1.82, 2.24) is 4.31 Å². The Labute approximate surface area is 151 Å². The van der Waals surface area contributed by atoms with Crippen LogP contribution < -0.4 is 5.73 Å². The normalized spacial score (nSPS) is 17.9. The number of amides is 1. The molecule has 1 aliphatic heterocycles. The number of rotatable bonds is 7. The van der Waals surface area contributed by atoms with Crippen molar-refractivity contribution >= 4 is 27.3 Å². The number of ether oxygens (including phenoxy) is 1. The van der Waals surface area contributed by atoms with Crippen LogP contribution in [0, 0.1) is 0 Å². The maximum atomic E-state index is 13.1. The van der Waals surface area contributed by atoms with Crippen LogP contribution in [0.25, 0.3) is 0 Å². The molecular formula is C17H20N2O4S2. The Kier molecular flexibility index (Phi) is 5.53. The van der Waals surface area contributed by atoms with Crippen molar-refractivity contribution in [3.8, 4) is 0 Å². The number of nitrogens with zero attached hydrogens (tertiary/aromatic N) is 1. The molecule has 1 amide bonds. The van der Waals surface area contributed by atoms with Gasteiger partial charge in [-0.1, -0.05) is 6.07 Å². The predicted octanol–water partition coefficient (Wildman–Crippen LogP) is 2.22. The third-order valence-electron chi connectivity index (χ3n) is 4.12. The molecule has 3 rings (SSSR count). The Balaban J connectivity index is 1.87. The van der Waals surface area contributed by atoms with E-state index in [9.17, 15) is 13.2 Å². The largest absolute Gasteiger partial charge is 0.377 e. The summed E-state index contributed by atoms with van der Waals surface area (Å²) in [6.45, 7) is 1.29. The lowest BCUT2D eigenvalue weighted by atomic mass is 10.2. The highest BCUT2D eigenvalue weighted by Crippen LogP contribution is 2.24. The average molecular weight is 380 g/mol. The molecule has 0 aliphatic carbocycles. The van der Waals surface area contributed by atoms with E-state index >= 15 is 0 Å². The molecule has 0 saturated carbocycles. The van der Waals surface area contributed by atoms with Crippen LogP contribution >= 0.6 is 11.3 Å². The molecule has 0 spiro atoms. The minimum absolute atomic E-state index is 0.0837. The highest BCUT2D eigenvalue weighted by Gasteiger charge is 2.29. The SMILES string of the molecule is NC(=O)c1ccc(S(=O)(=O)N(Cc2cccs2)CC2CCCO2)cc1. The van der Waals surface area contributed by atoms with Crippen LogP contribution in [-0.4, -0.2) is 37.9 Å². The Morgan fingerprint density at radius 2 is 2.04 bits per heavy atom. The van der Waals surface area contributed by atoms with E-state index in [0.717, 1.165) is 17.7 Å². The molecule has 2 N–H and O–H groups in total. The zero-order valence-electron chi connectivity index (χ0n) is 13.6. The lowest BCUT2D eigenvalue weighted by molar-refractivity contribution is 0.0927. The Morgan fingerprint density at radius 1 is 1.28 bits per heavy atom. The van der Waals surface area contributed by atoms with Crippen molar-refractivity contribution in [2.24, 2.45) is 5.73 Å². The van der Waals surface area contributed by atoms with E-state index in [1.165, 1.54) is 39.9 Å². The molecule has 2 heterocycles. The molecule has 0 bridgehead atoms. The molecule has 1 saturated heterocycles. The number of nitrogens with two attached hydrogens (primary N) is 1. The first-order valence-electron chi connectivity index (χ1n) is 8.01. The first kappa shape index (κ1) is 18.1. The van der Waals surface area contributed by atoms with Gasteiger partial charge in [-0.25, -0.2) is 8.42 Å². The van der Waals surface area contributed by atoms with Gasteiger partial charge in [0, 0.05) is 30.1 Å². The molecule has 2 aromatic rings. The number of carbonyl (C=O) groups is 1. The summed E-state index contributed by atoms with van der Waals surface area (Å²) in [6.07, 6.45) is 1.72. The number of hydrogen-bond donors (Lipinski definition) is 1. The molecule has 1 aromatic heterocycles. The fourth-order valence-electron chi connectivity index (χ4n) is 2.78. The molecule has 0 radical (unpaired) electrons. The predicted molar refractivity (Wildman–Crippen MR) is 95.8 cm³/mol. The summed E-state index contributed by atoms with van der Waals surface area (Å²) in [5, 5.41) is 1.92. The molecule has 8 heteroatoms. The van der Waals surface area contributed by atoms with Gasteiger partial charge in [-0.15, -0.1) is 11.3 Å². The number of primary amides is 1. The van der Waals surface area contributed by atoms with E-state index < -0.39 is 15.9 Å². The third kappa shape index (κ3) is 4.27. The van der Waals surface area contributed by atoms with Crippen LogP contribution in [0.5, 0.6) is 0 Å². The standard InChI is InChI=1S/C17H20N2O4S2/c18-17(20)13-5-7-16(8-6-13)25(21,22)19(11-14-3-1-9-23-14)12-15-4-2-10-24-15/h2,4-8,10,14H,1,3,9,11-12H2,(H2,18,20). The number of carbonyl (C=O) groups excluding carboxylic acids is 1. The summed E-state index contributed by atoms with van der Waals surface area (Å²) in [5.74, 6) is -0.584. The van der Waals surface area contributed by atoms with Crippen molar-refractivity contribution in [1.29, 1.82) is 0 Å². The van der Waals surface area contributed by atoms with Crippen LogP contribution in [-0.2, 0) is 21.3 Å². The van der Waals surface area contributed by atoms with Crippen LogP contribution in [0.15, 0.2) is 46.7 Å². The zero-order chi connectivity index (χ0) is 17.9. The van der Waals surface area contributed by atoms with Gasteiger partial charge < -0.3 is 10.5 Å². The number of thiophene rings is 1. The summed E-state index contributed by atoms with van der Waals surface area (Å²) in [6, 6.07) is 9.53. The van der Waals surface area contributed by atoms with Gasteiger partial charge in [0.05, 0.1) is 11.0 Å². The first-order valence-corrected chi connectivity index (χ1v) is 10.3. The van der Waals surface area contributed by atoms with E-state index in [2.05, 4.69) is 0 Å². The second-order valence-corrected chi connectivity index (χ2v) is 8.87. The average Bonchev–Trinajstić information content (AvgIpc) is 3.28. The number of hydrogen-bond acceptors (Lipinski definition) is 5. The Morgan fingerprint density at radius 3 is 2.60 bits per heavy atom. The van der Waals surface area contributed by atoms with Crippen molar-refractivity contribution in [3.05, 3.63) is 52.2 Å². The zero-order valence-corrected chi connectivity index (χ0v) is 15.3. The van der Waals surface area contributed by atoms with Gasteiger partial charge >= 0.3 is 0 Å². The fraction of sp³-hybridized carbons (Fsp3) is 0.353. The Hall–Kier alpha value is -1.74. The van der Waals surface area contributed by atoms with Gasteiger partial charge in [0.25, 0.3) is 0 Å². The highest BCUT2D eigenvalue weighted by molar-refractivity contribution is 7.89. The topological polar surface area (TPSA) is 89.7 Å². The molecule has 1 atom stereocenters. The van der Waals surface area contributed by atoms with Crippen LogP contribution in [0.1, 0.15) is 28.1 Å². The van der Waals surface area contributed by atoms with Crippen molar-refractivity contribution in [2.75, 3.05) is 13.2 Å². The summed E-state index contributed by atoms with van der Waals surface area (Å²) in [7, 11) is -3.70. The molecule has 1 unspecified atom stereocenters. The molecule has 1 fully saturated rings. The van der Waals surface area contributed by atoms with E-state index in [-0.39, 0.29) is 16.6 Å². The molecule has 25 heavy (non-hydrogen) atoms. The number of benzene rings is 1. The van der Waals surface area contributed by atoms with Gasteiger partial charge in [0.2, 0.25) is 15.9 Å². The second kappa shape index (κ2) is 7.65. The maximum Gasteiger partial charge on any atom is 0.248 e. The highest BCUT2D eigenvalue weighted by atomic mass is 32.2. The third-order valence-corrected chi connectivity index (χ3v) is 6.81. The van der Waals surface area contributed by atoms with Crippen LogP contribution in [0.3, 0.4) is 0 Å². The van der Waals surface area contributed by atoms with E-state index in [1.54, 1.807) is 0 Å². The van der Waals surface area contributed by atoms with Crippen LogP contribution in [0.4, 0.5) is 0 Å². The van der Waals surface area contributed by atoms with Gasteiger partial charge in [0.15, 0.2) is 0 Å². The summed E-state index contributed by atoms with van der Waals surface area (Å²) in [5.41, 5.74) is 5.50. The lowest BCUT2D eigenvalue weighted by Gasteiger charge is -2.24. The van der Waals surface area contributed by atoms with E-state index in [4.69, 9.17) is 10.5 Å². The first-order chi connectivity index (χ1) is 12.0. The smallest absolute Gasteiger partial charge is 0.248 e. The maximum absolute atomic E-state index is 13.1.